The summed E-state index contributed by atoms with van der Waals surface area (Å²) in [7, 11) is 0. The number of carbonyl (C=O) groups excluding carboxylic acids is 2. The number of aryl methyl sites for hydroxylation is 1. The Morgan fingerprint density at radius 3 is 2.46 bits per heavy atom. The lowest BCUT2D eigenvalue weighted by Gasteiger charge is -2.57. The first-order chi connectivity index (χ1) is 22.0. The molecule has 46 heavy (non-hydrogen) atoms. The van der Waals surface area contributed by atoms with Gasteiger partial charge >= 0.3 is 6.09 Å². The summed E-state index contributed by atoms with van der Waals surface area (Å²) in [5, 5.41) is 10.9. The van der Waals surface area contributed by atoms with Crippen LogP contribution in [0.1, 0.15) is 128 Å². The lowest BCUT2D eigenvalue weighted by atomic mass is 9.49. The van der Waals surface area contributed by atoms with E-state index in [1.165, 1.54) is 44.1 Å². The van der Waals surface area contributed by atoms with Crippen LogP contribution in [0, 0.1) is 35.5 Å². The first kappa shape index (κ1) is 30.9. The van der Waals surface area contributed by atoms with E-state index in [0.29, 0.717) is 19.4 Å². The van der Waals surface area contributed by atoms with E-state index in [9.17, 15) is 14.7 Å². The number of aliphatic hydroxyl groups is 1. The van der Waals surface area contributed by atoms with Crippen molar-refractivity contribution in [2.24, 2.45) is 28.6 Å². The van der Waals surface area contributed by atoms with Crippen LogP contribution in [0.5, 0.6) is 0 Å². The largest absolute Gasteiger partial charge is 0.440 e. The van der Waals surface area contributed by atoms with Gasteiger partial charge < -0.3 is 14.7 Å². The van der Waals surface area contributed by atoms with Gasteiger partial charge in [0.15, 0.2) is 0 Å². The fourth-order valence-electron chi connectivity index (χ4n) is 11.7. The molecular formula is C40H51NO4S. The molecule has 4 unspecified atom stereocenters. The van der Waals surface area contributed by atoms with Gasteiger partial charge in [0.05, 0.1) is 17.5 Å². The van der Waals surface area contributed by atoms with Gasteiger partial charge in [-0.1, -0.05) is 30.7 Å². The van der Waals surface area contributed by atoms with Crippen LogP contribution in [0.2, 0.25) is 0 Å². The fraction of sp³-hybridized carbons (Fsp3) is 0.650. The summed E-state index contributed by atoms with van der Waals surface area (Å²) in [5.74, 6) is 2.73. The number of amides is 1. The number of carbonyl (C=O) groups is 2. The Hall–Kier alpha value is -2.44. The van der Waals surface area contributed by atoms with Gasteiger partial charge in [-0.15, -0.1) is 11.3 Å². The SMILES string of the molecule is CC1=CCCC2(C)C(CCC23CN(CC24CC5CC(CC(C5)C2)C4)C(=O)O3)c2ccc(cc2C(=O)c2ccc(C)s2)CC(O)CC1. The van der Waals surface area contributed by atoms with Crippen LogP contribution in [0.15, 0.2) is 42.0 Å². The summed E-state index contributed by atoms with van der Waals surface area (Å²) in [4.78, 5) is 32.2. The predicted molar refractivity (Wildman–Crippen MR) is 182 cm³/mol. The fourth-order valence-corrected chi connectivity index (χ4v) is 12.5. The average molecular weight is 642 g/mol. The van der Waals surface area contributed by atoms with E-state index < -0.39 is 11.7 Å². The van der Waals surface area contributed by atoms with E-state index in [1.54, 1.807) is 11.3 Å². The van der Waals surface area contributed by atoms with Gasteiger partial charge in [0, 0.05) is 22.4 Å². The second-order valence-corrected chi connectivity index (χ2v) is 18.1. The van der Waals surface area contributed by atoms with Crippen molar-refractivity contribution in [2.75, 3.05) is 13.1 Å². The van der Waals surface area contributed by atoms with Crippen molar-refractivity contribution in [1.82, 2.24) is 4.90 Å². The van der Waals surface area contributed by atoms with Gasteiger partial charge in [0.2, 0.25) is 5.78 Å². The normalized spacial score (nSPS) is 38.6. The van der Waals surface area contributed by atoms with Gasteiger partial charge in [-0.3, -0.25) is 4.79 Å². The van der Waals surface area contributed by atoms with E-state index in [0.717, 1.165) is 82.8 Å². The molecule has 5 saturated carbocycles. The number of nitrogens with zero attached hydrogens (tertiary/aromatic N) is 1. The van der Waals surface area contributed by atoms with Crippen molar-refractivity contribution in [3.63, 3.8) is 0 Å². The zero-order valence-electron chi connectivity index (χ0n) is 28.0. The van der Waals surface area contributed by atoms with Crippen LogP contribution in [0.25, 0.3) is 0 Å². The standard InChI is InChI=1S/C40H51NO4S/c1-25-5-4-13-38(3)34(32-10-8-27(18-31(42)9-6-25)19-33(32)36(43)35-11-7-26(2)46-35)12-14-40(38)24-41(37(44)45-40)23-39-20-28-15-29(21-39)17-30(16-28)22-39/h5,7-8,10-11,19,28-31,34,42H,4,6,9,12-18,20-24H2,1-3H3. The Labute approximate surface area is 278 Å². The number of ketones is 1. The van der Waals surface area contributed by atoms with E-state index in [2.05, 4.69) is 43.0 Å². The highest BCUT2D eigenvalue weighted by molar-refractivity contribution is 7.14. The molecule has 1 aromatic heterocycles. The minimum atomic E-state index is -0.565. The minimum absolute atomic E-state index is 0.0717. The molecule has 1 amide bonds. The molecule has 5 nitrogen and oxygen atoms in total. The molecule has 6 fully saturated rings. The molecule has 4 atom stereocenters. The smallest absolute Gasteiger partial charge is 0.410 e. The maximum atomic E-state index is 14.2. The third kappa shape index (κ3) is 5.21. The van der Waals surface area contributed by atoms with Crippen LogP contribution in [-0.4, -0.2) is 46.7 Å². The molecule has 8 aliphatic rings. The quantitative estimate of drug-likeness (QED) is 0.267. The minimum Gasteiger partial charge on any atom is -0.440 e. The molecule has 246 valence electrons. The number of ether oxygens (including phenoxy) is 1. The van der Waals surface area contributed by atoms with Crippen LogP contribution < -0.4 is 0 Å². The maximum absolute atomic E-state index is 14.2. The van der Waals surface area contributed by atoms with E-state index >= 15 is 0 Å². The topological polar surface area (TPSA) is 66.8 Å². The molecule has 1 aromatic carbocycles. The van der Waals surface area contributed by atoms with Crippen molar-refractivity contribution in [2.45, 2.75) is 122 Å². The van der Waals surface area contributed by atoms with Crippen LogP contribution in [-0.2, 0) is 11.2 Å². The Kier molecular flexibility index (Phi) is 7.60. The summed E-state index contributed by atoms with van der Waals surface area (Å²) in [6, 6.07) is 10.4. The molecule has 7 aliphatic carbocycles. The number of allylic oxidation sites excluding steroid dienone is 2. The van der Waals surface area contributed by atoms with Crippen LogP contribution in [0.4, 0.5) is 4.79 Å². The van der Waals surface area contributed by atoms with Gasteiger partial charge in [0.1, 0.15) is 5.60 Å². The highest BCUT2D eigenvalue weighted by atomic mass is 32.1. The van der Waals surface area contributed by atoms with Gasteiger partial charge in [-0.2, -0.15) is 0 Å². The van der Waals surface area contributed by atoms with Crippen molar-refractivity contribution in [1.29, 1.82) is 0 Å². The second kappa shape index (κ2) is 11.3. The zero-order chi connectivity index (χ0) is 31.8. The second-order valence-electron chi connectivity index (χ2n) is 16.8. The van der Waals surface area contributed by atoms with E-state index in [-0.39, 0.29) is 28.6 Å². The number of fused-ring (bicyclic) bond motifs is 8. The Morgan fingerprint density at radius 2 is 1.76 bits per heavy atom. The van der Waals surface area contributed by atoms with Crippen molar-refractivity contribution < 1.29 is 19.4 Å². The molecule has 0 radical (unpaired) electrons. The molecule has 2 heterocycles. The summed E-state index contributed by atoms with van der Waals surface area (Å²) in [6.07, 6.45) is 15.5. The lowest BCUT2D eigenvalue weighted by molar-refractivity contribution is -0.0641. The highest BCUT2D eigenvalue weighted by Gasteiger charge is 2.65. The molecule has 2 aromatic rings. The molecule has 1 saturated heterocycles. The molecule has 6 bridgehead atoms. The molecule has 1 spiro atoms. The van der Waals surface area contributed by atoms with E-state index in [4.69, 9.17) is 4.74 Å². The number of hydrogen-bond donors (Lipinski definition) is 1. The Morgan fingerprint density at radius 1 is 1.02 bits per heavy atom. The monoisotopic (exact) mass is 641 g/mol. The molecule has 10 rings (SSSR count). The predicted octanol–water partition coefficient (Wildman–Crippen LogP) is 9.00. The van der Waals surface area contributed by atoms with Gasteiger partial charge in [-0.25, -0.2) is 4.79 Å². The Bertz CT molecular complexity index is 1540. The van der Waals surface area contributed by atoms with Crippen LogP contribution >= 0.6 is 11.3 Å². The molecule has 1 aliphatic heterocycles. The highest BCUT2D eigenvalue weighted by Crippen LogP contribution is 2.64. The molecule has 6 heteroatoms. The third-order valence-corrected chi connectivity index (χ3v) is 14.5. The summed E-state index contributed by atoms with van der Waals surface area (Å²) in [5.41, 5.74) is 3.56. The first-order valence-corrected chi connectivity index (χ1v) is 18.9. The third-order valence-electron chi connectivity index (χ3n) is 13.5. The number of aliphatic hydroxyl groups excluding tert-OH is 1. The number of benzene rings is 1. The van der Waals surface area contributed by atoms with Crippen LogP contribution in [0.3, 0.4) is 0 Å². The van der Waals surface area contributed by atoms with Crippen molar-refractivity contribution in [3.8, 4) is 0 Å². The maximum Gasteiger partial charge on any atom is 0.410 e. The van der Waals surface area contributed by atoms with Gasteiger partial charge in [0.25, 0.3) is 0 Å². The molecule has 1 N–H and O–H groups in total. The average Bonchev–Trinajstić information content (AvgIpc) is 3.65. The lowest BCUT2D eigenvalue weighted by Crippen LogP contribution is -2.52. The first-order valence-electron chi connectivity index (χ1n) is 18.1. The number of rotatable bonds is 4. The summed E-state index contributed by atoms with van der Waals surface area (Å²) in [6.45, 7) is 8.11. The van der Waals surface area contributed by atoms with E-state index in [1.807, 2.05) is 19.1 Å². The van der Waals surface area contributed by atoms with Crippen molar-refractivity contribution in [3.05, 3.63) is 68.4 Å². The zero-order valence-corrected chi connectivity index (χ0v) is 28.8. The number of thiophene rings is 1. The Balaban J connectivity index is 1.16. The van der Waals surface area contributed by atoms with Gasteiger partial charge in [-0.05, 0) is 156 Å². The number of hydrogen-bond acceptors (Lipinski definition) is 5. The summed E-state index contributed by atoms with van der Waals surface area (Å²) < 4.78 is 6.70. The molecular weight excluding hydrogens is 591 g/mol. The van der Waals surface area contributed by atoms with Crippen molar-refractivity contribution >= 4 is 23.2 Å². The summed E-state index contributed by atoms with van der Waals surface area (Å²) >= 11 is 1.55.